The zero-order chi connectivity index (χ0) is 33.9. The smallest absolute Gasteiger partial charge is 0.410 e. The molecule has 2 rings (SSSR count). The van der Waals surface area contributed by atoms with Crippen LogP contribution in [0.2, 0.25) is 0 Å². The summed E-state index contributed by atoms with van der Waals surface area (Å²) in [7, 11) is 0. The van der Waals surface area contributed by atoms with E-state index in [0.29, 0.717) is 17.1 Å². The van der Waals surface area contributed by atoms with Crippen LogP contribution in [0.3, 0.4) is 0 Å². The van der Waals surface area contributed by atoms with E-state index in [1.165, 1.54) is 20.8 Å². The van der Waals surface area contributed by atoms with Crippen molar-refractivity contribution in [2.75, 3.05) is 6.54 Å². The molecule has 0 aromatic heterocycles. The number of carbonyl (C=O) groups is 6. The number of hydrogen-bond donors (Lipinski definition) is 0. The zero-order valence-corrected chi connectivity index (χ0v) is 24.9. The van der Waals surface area contributed by atoms with Crippen LogP contribution in [0.4, 0.5) is 26.7 Å². The van der Waals surface area contributed by atoms with Gasteiger partial charge in [-0.2, -0.15) is 8.78 Å². The minimum absolute atomic E-state index is 0.191. The highest BCUT2D eigenvalue weighted by atomic mass is 19.2. The van der Waals surface area contributed by atoms with Crippen LogP contribution < -0.4 is 4.74 Å². The summed E-state index contributed by atoms with van der Waals surface area (Å²) in [6.07, 6.45) is -0.747. The van der Waals surface area contributed by atoms with Gasteiger partial charge in [0, 0.05) is 18.6 Å². The molecule has 0 saturated carbocycles. The van der Waals surface area contributed by atoms with Crippen LogP contribution in [0.1, 0.15) is 61.3 Å². The monoisotopic (exact) mass is 634 g/mol. The summed E-state index contributed by atoms with van der Waals surface area (Å²) in [5, 5.41) is 0. The van der Waals surface area contributed by atoms with Gasteiger partial charge in [-0.15, -0.1) is 0 Å². The van der Waals surface area contributed by atoms with Gasteiger partial charge in [0.15, 0.2) is 11.8 Å². The Morgan fingerprint density at radius 3 is 1.68 bits per heavy atom. The van der Waals surface area contributed by atoms with Crippen molar-refractivity contribution in [1.29, 1.82) is 0 Å². The van der Waals surface area contributed by atoms with Gasteiger partial charge in [-0.25, -0.2) is 22.8 Å². The molecule has 1 unspecified atom stereocenters. The number of nitrogens with zero attached hydrogens (tertiary/aromatic N) is 2. The summed E-state index contributed by atoms with van der Waals surface area (Å²) in [6.45, 7) is 8.97. The summed E-state index contributed by atoms with van der Waals surface area (Å²) in [4.78, 5) is 77.5. The Kier molecular flexibility index (Phi) is 11.0. The molecule has 44 heavy (non-hydrogen) atoms. The summed E-state index contributed by atoms with van der Waals surface area (Å²) in [5.74, 6) is -20.4. The van der Waals surface area contributed by atoms with Gasteiger partial charge in [0.05, 0.1) is 12.6 Å². The van der Waals surface area contributed by atoms with Crippen molar-refractivity contribution in [3.63, 3.8) is 0 Å². The first-order valence-electron chi connectivity index (χ1n) is 13.1. The number of halogens is 5. The van der Waals surface area contributed by atoms with E-state index < -0.39 is 113 Å². The molecule has 0 fully saturated rings. The molecule has 1 aliphatic rings. The molecule has 0 N–H and O–H groups in total. The van der Waals surface area contributed by atoms with Crippen molar-refractivity contribution in [2.24, 2.45) is 0 Å². The third-order valence-corrected chi connectivity index (χ3v) is 5.68. The van der Waals surface area contributed by atoms with Gasteiger partial charge in [0.1, 0.15) is 11.2 Å². The number of ether oxygens (including phenoxy) is 3. The Morgan fingerprint density at radius 2 is 1.25 bits per heavy atom. The van der Waals surface area contributed by atoms with Crippen molar-refractivity contribution in [2.45, 2.75) is 84.6 Å². The molecule has 2 atom stereocenters. The topological polar surface area (TPSA) is 137 Å². The van der Waals surface area contributed by atoms with E-state index in [0.717, 1.165) is 6.92 Å². The lowest BCUT2D eigenvalue weighted by Gasteiger charge is -2.36. The maximum absolute atomic E-state index is 14.3. The molecular formula is C28H31F5N2O9. The predicted octanol–water partition coefficient (Wildman–Crippen LogP) is 3.90. The van der Waals surface area contributed by atoms with Gasteiger partial charge >= 0.3 is 18.0 Å². The molecular weight excluding hydrogens is 603 g/mol. The fourth-order valence-corrected chi connectivity index (χ4v) is 3.89. The average molecular weight is 635 g/mol. The third-order valence-electron chi connectivity index (χ3n) is 5.68. The standard InChI is InChI=1S/C28H31F5N2O9/c1-13(36)14(8-11-18(39)43-27(2,3)4)34(26(41)44-28(5,6)7)12-15(35-16(37)9-10-17(35)38)25(40)42-24-22(32)20(30)19(29)21(31)23(24)33/h9-10,14-15H,8,11-12H2,1-7H3/t14-,15?/m0/s1. The lowest BCUT2D eigenvalue weighted by atomic mass is 10.0. The second-order valence-electron chi connectivity index (χ2n) is 11.6. The summed E-state index contributed by atoms with van der Waals surface area (Å²) in [6, 6.07) is -3.88. The minimum atomic E-state index is -2.55. The maximum Gasteiger partial charge on any atom is 0.410 e. The summed E-state index contributed by atoms with van der Waals surface area (Å²) in [5.41, 5.74) is -2.12. The molecule has 11 nitrogen and oxygen atoms in total. The summed E-state index contributed by atoms with van der Waals surface area (Å²) >= 11 is 0. The fourth-order valence-electron chi connectivity index (χ4n) is 3.89. The zero-order valence-electron chi connectivity index (χ0n) is 24.9. The number of benzene rings is 1. The molecule has 0 saturated heterocycles. The fraction of sp³-hybridized carbons (Fsp3) is 0.500. The number of hydrogen-bond acceptors (Lipinski definition) is 9. The van der Waals surface area contributed by atoms with Crippen molar-refractivity contribution >= 4 is 35.6 Å². The van der Waals surface area contributed by atoms with Gasteiger partial charge in [0.2, 0.25) is 34.8 Å². The number of imide groups is 1. The SMILES string of the molecule is CC(=O)[C@H](CCC(=O)OC(C)(C)C)N(CC(C(=O)Oc1c(F)c(F)c(F)c(F)c1F)N1C(=O)C=CC1=O)C(=O)OC(C)(C)C. The molecule has 1 heterocycles. The van der Waals surface area contributed by atoms with Crippen LogP contribution >= 0.6 is 0 Å². The van der Waals surface area contributed by atoms with Gasteiger partial charge < -0.3 is 14.2 Å². The largest absolute Gasteiger partial charge is 0.460 e. The van der Waals surface area contributed by atoms with Crippen molar-refractivity contribution in [3.8, 4) is 5.75 Å². The maximum atomic E-state index is 14.3. The lowest BCUT2D eigenvalue weighted by molar-refractivity contribution is -0.155. The number of carbonyl (C=O) groups excluding carboxylic acids is 6. The quantitative estimate of drug-likeness (QED) is 0.0938. The molecule has 1 aromatic rings. The number of esters is 2. The third kappa shape index (κ3) is 8.83. The van der Waals surface area contributed by atoms with Crippen LogP contribution in [0.25, 0.3) is 0 Å². The number of amides is 3. The van der Waals surface area contributed by atoms with Crippen LogP contribution in [0.5, 0.6) is 5.75 Å². The van der Waals surface area contributed by atoms with E-state index in [2.05, 4.69) is 4.74 Å². The number of Topliss-reactive ketones (excluding diaryl/α,β-unsaturated/α-hetero) is 1. The van der Waals surface area contributed by atoms with Crippen molar-refractivity contribution in [1.82, 2.24) is 9.80 Å². The molecule has 242 valence electrons. The molecule has 1 aliphatic heterocycles. The highest BCUT2D eigenvalue weighted by Crippen LogP contribution is 2.30. The Balaban J connectivity index is 2.60. The molecule has 0 spiro atoms. The van der Waals surface area contributed by atoms with E-state index in [1.54, 1.807) is 20.8 Å². The van der Waals surface area contributed by atoms with E-state index in [4.69, 9.17) is 9.47 Å². The highest BCUT2D eigenvalue weighted by Gasteiger charge is 2.43. The van der Waals surface area contributed by atoms with Crippen molar-refractivity contribution in [3.05, 3.63) is 41.2 Å². The van der Waals surface area contributed by atoms with E-state index in [9.17, 15) is 50.7 Å². The predicted molar refractivity (Wildman–Crippen MR) is 139 cm³/mol. The normalized spacial score (nSPS) is 14.8. The van der Waals surface area contributed by atoms with E-state index in [1.807, 2.05) is 0 Å². The second-order valence-corrected chi connectivity index (χ2v) is 11.6. The molecule has 0 bridgehead atoms. The van der Waals surface area contributed by atoms with Crippen LogP contribution in [-0.2, 0) is 33.4 Å². The number of ketones is 1. The summed E-state index contributed by atoms with van der Waals surface area (Å²) < 4.78 is 84.8. The minimum Gasteiger partial charge on any atom is -0.460 e. The van der Waals surface area contributed by atoms with Crippen LogP contribution in [0, 0.1) is 29.1 Å². The average Bonchev–Trinajstić information content (AvgIpc) is 3.21. The first-order valence-corrected chi connectivity index (χ1v) is 13.1. The Hall–Kier alpha value is -4.37. The van der Waals surface area contributed by atoms with E-state index in [-0.39, 0.29) is 4.90 Å². The van der Waals surface area contributed by atoms with Crippen LogP contribution in [0.15, 0.2) is 12.2 Å². The molecule has 16 heteroatoms. The van der Waals surface area contributed by atoms with E-state index >= 15 is 0 Å². The Labute approximate surface area is 248 Å². The molecule has 0 radical (unpaired) electrons. The molecule has 1 aromatic carbocycles. The van der Waals surface area contributed by atoms with Crippen molar-refractivity contribution < 1.29 is 64.9 Å². The second kappa shape index (κ2) is 13.5. The highest BCUT2D eigenvalue weighted by molar-refractivity contribution is 6.15. The van der Waals surface area contributed by atoms with Gasteiger partial charge in [-0.05, 0) is 54.9 Å². The van der Waals surface area contributed by atoms with Crippen LogP contribution in [-0.4, -0.2) is 75.3 Å². The molecule has 3 amide bonds. The van der Waals surface area contributed by atoms with Gasteiger partial charge in [0.25, 0.3) is 11.8 Å². The number of rotatable bonds is 10. The lowest BCUT2D eigenvalue weighted by Crippen LogP contribution is -2.57. The van der Waals surface area contributed by atoms with Gasteiger partial charge in [-0.3, -0.25) is 29.0 Å². The Bertz CT molecular complexity index is 1350. The van der Waals surface area contributed by atoms with Gasteiger partial charge in [-0.1, -0.05) is 0 Å². The first kappa shape index (κ1) is 35.8. The first-order chi connectivity index (χ1) is 20.1. The molecule has 0 aliphatic carbocycles. The Morgan fingerprint density at radius 1 is 0.795 bits per heavy atom.